The maximum Gasteiger partial charge on any atom is 0.264 e. The topological polar surface area (TPSA) is 41.5 Å². The highest BCUT2D eigenvalue weighted by Crippen LogP contribution is 2.32. The lowest BCUT2D eigenvalue weighted by molar-refractivity contribution is -0.115. The largest absolute Gasteiger partial charge is 0.300 e. The summed E-state index contributed by atoms with van der Waals surface area (Å²) in [7, 11) is 0. The molecule has 1 heterocycles. The van der Waals surface area contributed by atoms with Crippen molar-refractivity contribution < 1.29 is 4.79 Å². The molecule has 1 aliphatic heterocycles. The van der Waals surface area contributed by atoms with Crippen molar-refractivity contribution in [1.29, 1.82) is 0 Å². The van der Waals surface area contributed by atoms with Crippen LogP contribution >= 0.6 is 46.6 Å². The first-order chi connectivity index (χ1) is 11.4. The first-order valence-corrected chi connectivity index (χ1v) is 8.88. The summed E-state index contributed by atoms with van der Waals surface area (Å²) in [6.45, 7) is 1.93. The maximum atomic E-state index is 12.1. The van der Waals surface area contributed by atoms with Gasteiger partial charge < -0.3 is 5.32 Å². The van der Waals surface area contributed by atoms with Crippen molar-refractivity contribution in [2.75, 3.05) is 0 Å². The van der Waals surface area contributed by atoms with Gasteiger partial charge in [0.1, 0.15) is 0 Å². The maximum absolute atomic E-state index is 12.1. The standard InChI is InChI=1S/C17H11Cl3N2OS/c1-9-2-4-12(19)8-14(9)21-17-22-16(23)15(24-17)6-10-3-5-11(18)7-13(10)20/h2-8H,1H3,(H,21,22,23)/b15-6-. The van der Waals surface area contributed by atoms with Crippen molar-refractivity contribution in [2.45, 2.75) is 6.92 Å². The minimum Gasteiger partial charge on any atom is -0.300 e. The monoisotopic (exact) mass is 396 g/mol. The zero-order valence-electron chi connectivity index (χ0n) is 12.4. The number of amidine groups is 1. The first-order valence-electron chi connectivity index (χ1n) is 6.93. The highest BCUT2D eigenvalue weighted by atomic mass is 35.5. The van der Waals surface area contributed by atoms with E-state index in [-0.39, 0.29) is 5.91 Å². The molecule has 0 spiro atoms. The lowest BCUT2D eigenvalue weighted by atomic mass is 10.2. The van der Waals surface area contributed by atoms with Gasteiger partial charge in [-0.25, -0.2) is 4.99 Å². The van der Waals surface area contributed by atoms with E-state index in [1.165, 1.54) is 11.8 Å². The summed E-state index contributed by atoms with van der Waals surface area (Å²) < 4.78 is 0. The van der Waals surface area contributed by atoms with Gasteiger partial charge in [0.25, 0.3) is 5.91 Å². The van der Waals surface area contributed by atoms with Gasteiger partial charge in [0, 0.05) is 15.1 Å². The predicted molar refractivity (Wildman–Crippen MR) is 103 cm³/mol. The lowest BCUT2D eigenvalue weighted by Crippen LogP contribution is -2.19. The number of carbonyl (C=O) groups is 1. The minimum atomic E-state index is -0.218. The number of benzene rings is 2. The van der Waals surface area contributed by atoms with Gasteiger partial charge in [-0.1, -0.05) is 46.9 Å². The van der Waals surface area contributed by atoms with Gasteiger partial charge in [0.2, 0.25) is 0 Å². The van der Waals surface area contributed by atoms with Gasteiger partial charge in [-0.3, -0.25) is 4.79 Å². The van der Waals surface area contributed by atoms with E-state index in [9.17, 15) is 4.79 Å². The summed E-state index contributed by atoms with van der Waals surface area (Å²) >= 11 is 19.3. The highest BCUT2D eigenvalue weighted by Gasteiger charge is 2.24. The summed E-state index contributed by atoms with van der Waals surface area (Å²) in [6.07, 6.45) is 1.71. The number of hydrogen-bond acceptors (Lipinski definition) is 3. The fraction of sp³-hybridized carbons (Fsp3) is 0.0588. The summed E-state index contributed by atoms with van der Waals surface area (Å²) in [5.74, 6) is -0.218. The van der Waals surface area contributed by atoms with E-state index in [1.54, 1.807) is 36.4 Å². The number of thioether (sulfide) groups is 1. The van der Waals surface area contributed by atoms with Crippen molar-refractivity contribution >= 4 is 69.4 Å². The van der Waals surface area contributed by atoms with E-state index in [0.717, 1.165) is 16.8 Å². The van der Waals surface area contributed by atoms with Crippen LogP contribution in [-0.2, 0) is 4.79 Å². The van der Waals surface area contributed by atoms with E-state index in [1.807, 2.05) is 13.0 Å². The van der Waals surface area contributed by atoms with E-state index < -0.39 is 0 Å². The van der Waals surface area contributed by atoms with Crippen molar-refractivity contribution in [2.24, 2.45) is 4.99 Å². The number of rotatable bonds is 2. The molecular formula is C17H11Cl3N2OS. The second-order valence-corrected chi connectivity index (χ2v) is 7.39. The van der Waals surface area contributed by atoms with E-state index in [2.05, 4.69) is 10.3 Å². The fourth-order valence-corrected chi connectivity index (χ4v) is 3.51. The predicted octanol–water partition coefficient (Wildman–Crippen LogP) is 5.85. The molecule has 2 aromatic rings. The van der Waals surface area contributed by atoms with Crippen LogP contribution in [0.25, 0.3) is 6.08 Å². The average Bonchev–Trinajstić information content (AvgIpc) is 2.85. The van der Waals surface area contributed by atoms with Crippen LogP contribution in [0.3, 0.4) is 0 Å². The van der Waals surface area contributed by atoms with E-state index in [0.29, 0.717) is 25.1 Å². The molecule has 0 saturated carbocycles. The average molecular weight is 398 g/mol. The third-order valence-electron chi connectivity index (χ3n) is 3.29. The van der Waals surface area contributed by atoms with Crippen molar-refractivity contribution in [3.63, 3.8) is 0 Å². The van der Waals surface area contributed by atoms with Crippen molar-refractivity contribution in [1.82, 2.24) is 5.32 Å². The van der Waals surface area contributed by atoms with E-state index in [4.69, 9.17) is 34.8 Å². The Hall–Kier alpha value is -1.46. The fourth-order valence-electron chi connectivity index (χ4n) is 2.05. The zero-order valence-corrected chi connectivity index (χ0v) is 15.5. The molecule has 0 unspecified atom stereocenters. The Morgan fingerprint density at radius 2 is 1.79 bits per heavy atom. The van der Waals surface area contributed by atoms with Gasteiger partial charge in [-0.2, -0.15) is 0 Å². The van der Waals surface area contributed by atoms with Crippen LogP contribution in [0, 0.1) is 6.92 Å². The molecule has 1 saturated heterocycles. The van der Waals surface area contributed by atoms with Crippen LogP contribution in [0.1, 0.15) is 11.1 Å². The quantitative estimate of drug-likeness (QED) is 0.646. The molecule has 0 bridgehead atoms. The Morgan fingerprint density at radius 3 is 2.54 bits per heavy atom. The lowest BCUT2D eigenvalue weighted by Gasteiger charge is -2.01. The van der Waals surface area contributed by atoms with Crippen LogP contribution in [0.5, 0.6) is 0 Å². The molecule has 24 heavy (non-hydrogen) atoms. The molecular weight excluding hydrogens is 387 g/mol. The molecule has 2 aromatic carbocycles. The van der Waals surface area contributed by atoms with Crippen molar-refractivity contribution in [3.8, 4) is 0 Å². The molecule has 1 aliphatic rings. The van der Waals surface area contributed by atoms with Crippen LogP contribution in [0.15, 0.2) is 46.3 Å². The number of amides is 1. The Balaban J connectivity index is 1.89. The Bertz CT molecular complexity index is 893. The summed E-state index contributed by atoms with van der Waals surface area (Å²) in [5.41, 5.74) is 2.41. The normalized spacial score (nSPS) is 17.6. The van der Waals surface area contributed by atoms with Gasteiger partial charge in [-0.05, 0) is 60.2 Å². The molecule has 3 rings (SSSR count). The van der Waals surface area contributed by atoms with Gasteiger partial charge >= 0.3 is 0 Å². The number of carbonyl (C=O) groups excluding carboxylic acids is 1. The zero-order chi connectivity index (χ0) is 17.3. The van der Waals surface area contributed by atoms with Crippen LogP contribution in [0.4, 0.5) is 5.69 Å². The Labute approximate surface area is 158 Å². The molecule has 122 valence electrons. The number of halogens is 3. The van der Waals surface area contributed by atoms with E-state index >= 15 is 0 Å². The number of nitrogens with one attached hydrogen (secondary N) is 1. The molecule has 1 fully saturated rings. The number of hydrogen-bond donors (Lipinski definition) is 1. The molecule has 0 aliphatic carbocycles. The molecule has 0 atom stereocenters. The van der Waals surface area contributed by atoms with Crippen LogP contribution in [0.2, 0.25) is 15.1 Å². The smallest absolute Gasteiger partial charge is 0.264 e. The van der Waals surface area contributed by atoms with Gasteiger partial charge in [0.15, 0.2) is 5.17 Å². The molecule has 0 radical (unpaired) electrons. The highest BCUT2D eigenvalue weighted by molar-refractivity contribution is 8.18. The van der Waals surface area contributed by atoms with Crippen LogP contribution in [-0.4, -0.2) is 11.1 Å². The third kappa shape index (κ3) is 3.95. The first kappa shape index (κ1) is 17.4. The summed E-state index contributed by atoms with van der Waals surface area (Å²) in [5, 5.41) is 4.87. The summed E-state index contributed by atoms with van der Waals surface area (Å²) in [6, 6.07) is 10.6. The number of aryl methyl sites for hydroxylation is 1. The van der Waals surface area contributed by atoms with Gasteiger partial charge in [-0.15, -0.1) is 0 Å². The number of nitrogens with zero attached hydrogens (tertiary/aromatic N) is 1. The molecule has 3 nitrogen and oxygen atoms in total. The van der Waals surface area contributed by atoms with Crippen LogP contribution < -0.4 is 5.32 Å². The number of aliphatic imine (C=N–C) groups is 1. The SMILES string of the molecule is Cc1ccc(Cl)cc1N=C1NC(=O)/C(=C/c2ccc(Cl)cc2Cl)S1. The second-order valence-electron chi connectivity index (χ2n) is 5.08. The summed E-state index contributed by atoms with van der Waals surface area (Å²) in [4.78, 5) is 17.1. The minimum absolute atomic E-state index is 0.218. The van der Waals surface area contributed by atoms with Gasteiger partial charge in [0.05, 0.1) is 10.6 Å². The Kier molecular flexibility index (Phi) is 5.21. The second kappa shape index (κ2) is 7.19. The molecule has 0 aromatic heterocycles. The third-order valence-corrected chi connectivity index (χ3v) is 5.00. The van der Waals surface area contributed by atoms with Crippen molar-refractivity contribution in [3.05, 3.63) is 67.5 Å². The Morgan fingerprint density at radius 1 is 1.08 bits per heavy atom. The molecule has 1 N–H and O–H groups in total. The molecule has 7 heteroatoms. The molecule has 1 amide bonds.